The Balaban J connectivity index is 1.81. The predicted molar refractivity (Wildman–Crippen MR) is 191 cm³/mol. The molecule has 0 bridgehead atoms. The van der Waals surface area contributed by atoms with Crippen LogP contribution < -0.4 is 16.2 Å². The second-order valence-electron chi connectivity index (χ2n) is 12.3. The lowest BCUT2D eigenvalue weighted by Gasteiger charge is -2.41. The van der Waals surface area contributed by atoms with Crippen molar-refractivity contribution in [3.8, 4) is 16.8 Å². The monoisotopic (exact) mass is 708 g/mol. The van der Waals surface area contributed by atoms with Crippen LogP contribution in [-0.2, 0) is 14.6 Å². The molecular weight excluding hydrogens is 675 g/mol. The minimum atomic E-state index is -4.23. The molecule has 0 unspecified atom stereocenters. The van der Waals surface area contributed by atoms with E-state index < -0.39 is 26.1 Å². The maximum atomic E-state index is 17.7. The fraction of sp³-hybridized carbons (Fsp3) is 0.294. The van der Waals surface area contributed by atoms with E-state index in [1.54, 1.807) is 41.1 Å². The molecule has 0 aliphatic carbocycles. The third-order valence-corrected chi connectivity index (χ3v) is 10.9. The quantitative estimate of drug-likeness (QED) is 0.210. The van der Waals surface area contributed by atoms with Gasteiger partial charge in [0.05, 0.1) is 37.8 Å². The van der Waals surface area contributed by atoms with Crippen LogP contribution in [0.25, 0.3) is 37.9 Å². The van der Waals surface area contributed by atoms with Crippen LogP contribution in [0.15, 0.2) is 58.9 Å². The van der Waals surface area contributed by atoms with Crippen LogP contribution in [-0.4, -0.2) is 65.7 Å². The second kappa shape index (κ2) is 12.3. The molecule has 1 amide bonds. The molecule has 0 radical (unpaired) electrons. The van der Waals surface area contributed by atoms with E-state index in [2.05, 4.69) is 16.5 Å². The SMILES string of the molecule is C=CC(=O)N1CCN(c2c(S(C)(=O)=O)c(=O)n(-c3c(C)ccnc3C(C)C)c3c(F)c(-c4cccc5sc(N)nc45)c(Cl)cc23)C[C@H]1C. The van der Waals surface area contributed by atoms with Gasteiger partial charge in [-0.05, 0) is 49.6 Å². The highest BCUT2D eigenvalue weighted by Gasteiger charge is 2.36. The normalized spacial score (nSPS) is 15.5. The number of benzene rings is 2. The van der Waals surface area contributed by atoms with E-state index in [0.717, 1.165) is 15.5 Å². The number of carbonyl (C=O) groups is 1. The number of fused-ring (bicyclic) bond motifs is 2. The molecule has 1 atom stereocenters. The van der Waals surface area contributed by atoms with Gasteiger partial charge in [0.15, 0.2) is 25.7 Å². The molecule has 3 aromatic heterocycles. The molecule has 1 saturated heterocycles. The van der Waals surface area contributed by atoms with Gasteiger partial charge in [-0.1, -0.05) is 55.5 Å². The van der Waals surface area contributed by atoms with Gasteiger partial charge in [0.25, 0.3) is 5.56 Å². The van der Waals surface area contributed by atoms with Crippen molar-refractivity contribution in [1.82, 2.24) is 19.4 Å². The number of thiazole rings is 1. The molecule has 1 aliphatic heterocycles. The zero-order valence-corrected chi connectivity index (χ0v) is 29.4. The number of rotatable bonds is 6. The Bertz CT molecular complexity index is 2340. The van der Waals surface area contributed by atoms with Crippen LogP contribution in [0.3, 0.4) is 0 Å². The van der Waals surface area contributed by atoms with Crippen molar-refractivity contribution >= 4 is 70.6 Å². The number of aromatic nitrogens is 3. The number of carbonyl (C=O) groups excluding carboxylic acids is 1. The third kappa shape index (κ3) is 5.43. The minimum absolute atomic E-state index is 0.00585. The minimum Gasteiger partial charge on any atom is -0.375 e. The molecule has 14 heteroatoms. The summed E-state index contributed by atoms with van der Waals surface area (Å²) in [5.74, 6) is -1.31. The lowest BCUT2D eigenvalue weighted by Crippen LogP contribution is -2.54. The maximum absolute atomic E-state index is 17.7. The van der Waals surface area contributed by atoms with E-state index in [0.29, 0.717) is 27.5 Å². The van der Waals surface area contributed by atoms with E-state index in [9.17, 15) is 18.0 Å². The number of nitrogens with two attached hydrogens (primary N) is 1. The largest absolute Gasteiger partial charge is 0.375 e. The fourth-order valence-corrected chi connectivity index (χ4v) is 8.65. The zero-order chi connectivity index (χ0) is 34.8. The summed E-state index contributed by atoms with van der Waals surface area (Å²) in [6.07, 6.45) is 3.79. The van der Waals surface area contributed by atoms with Crippen molar-refractivity contribution in [2.75, 3.05) is 36.5 Å². The number of para-hydroxylation sites is 1. The first-order chi connectivity index (χ1) is 22.6. The summed E-state index contributed by atoms with van der Waals surface area (Å²) in [7, 11) is -4.23. The second-order valence-corrected chi connectivity index (χ2v) is 15.7. The highest BCUT2D eigenvalue weighted by Crippen LogP contribution is 2.44. The molecule has 1 aliphatic rings. The average molecular weight is 709 g/mol. The number of amides is 1. The Hall–Kier alpha value is -4.33. The average Bonchev–Trinajstić information content (AvgIpc) is 3.41. The molecule has 0 spiro atoms. The summed E-state index contributed by atoms with van der Waals surface area (Å²) in [6, 6.07) is 8.06. The van der Waals surface area contributed by atoms with E-state index in [-0.39, 0.29) is 70.4 Å². The van der Waals surface area contributed by atoms with Gasteiger partial charge >= 0.3 is 0 Å². The van der Waals surface area contributed by atoms with Gasteiger partial charge in [0.1, 0.15) is 0 Å². The molecule has 1 fully saturated rings. The van der Waals surface area contributed by atoms with Crippen molar-refractivity contribution in [2.24, 2.45) is 0 Å². The number of hydrogen-bond acceptors (Lipinski definition) is 9. The molecule has 10 nitrogen and oxygen atoms in total. The smallest absolute Gasteiger partial charge is 0.276 e. The van der Waals surface area contributed by atoms with E-state index >= 15 is 4.39 Å². The summed E-state index contributed by atoms with van der Waals surface area (Å²) >= 11 is 8.21. The number of aryl methyl sites for hydroxylation is 1. The van der Waals surface area contributed by atoms with Gasteiger partial charge in [-0.3, -0.25) is 19.1 Å². The Morgan fingerprint density at radius 2 is 1.96 bits per heavy atom. The molecule has 250 valence electrons. The highest BCUT2D eigenvalue weighted by molar-refractivity contribution is 7.90. The topological polar surface area (TPSA) is 131 Å². The first-order valence-electron chi connectivity index (χ1n) is 15.3. The molecule has 6 rings (SSSR count). The van der Waals surface area contributed by atoms with E-state index in [1.165, 1.54) is 23.5 Å². The number of nitrogen functional groups attached to an aromatic ring is 1. The first kappa shape index (κ1) is 33.6. The molecule has 4 heterocycles. The Morgan fingerprint density at radius 1 is 1.23 bits per heavy atom. The van der Waals surface area contributed by atoms with Gasteiger partial charge in [-0.25, -0.2) is 17.8 Å². The Kier molecular flexibility index (Phi) is 8.59. The van der Waals surface area contributed by atoms with Crippen molar-refractivity contribution < 1.29 is 17.6 Å². The van der Waals surface area contributed by atoms with Gasteiger partial charge < -0.3 is 15.5 Å². The fourth-order valence-electron chi connectivity index (χ4n) is 6.60. The summed E-state index contributed by atoms with van der Waals surface area (Å²) in [4.78, 5) is 39.2. The molecule has 5 aromatic rings. The molecule has 2 N–H and O–H groups in total. The number of sulfone groups is 1. The van der Waals surface area contributed by atoms with Crippen molar-refractivity contribution in [2.45, 2.75) is 44.6 Å². The number of nitrogens with zero attached hydrogens (tertiary/aromatic N) is 5. The van der Waals surface area contributed by atoms with Crippen LogP contribution in [0.2, 0.25) is 5.02 Å². The number of halogens is 2. The number of hydrogen-bond donors (Lipinski definition) is 1. The van der Waals surface area contributed by atoms with Crippen LogP contribution in [0, 0.1) is 12.7 Å². The number of anilines is 2. The van der Waals surface area contributed by atoms with Crippen molar-refractivity contribution in [1.29, 1.82) is 0 Å². The lowest BCUT2D eigenvalue weighted by atomic mass is 9.98. The molecule has 0 saturated carbocycles. The number of piperazine rings is 1. The van der Waals surface area contributed by atoms with Gasteiger partial charge in [-0.15, -0.1) is 0 Å². The zero-order valence-electron chi connectivity index (χ0n) is 27.0. The molecule has 48 heavy (non-hydrogen) atoms. The van der Waals surface area contributed by atoms with Crippen molar-refractivity contribution in [3.05, 3.63) is 81.6 Å². The van der Waals surface area contributed by atoms with Crippen molar-refractivity contribution in [3.63, 3.8) is 0 Å². The van der Waals surface area contributed by atoms with Crippen LogP contribution >= 0.6 is 22.9 Å². The summed E-state index contributed by atoms with van der Waals surface area (Å²) in [6.45, 7) is 11.5. The van der Waals surface area contributed by atoms with Gasteiger partial charge in [-0.2, -0.15) is 0 Å². The summed E-state index contributed by atoms with van der Waals surface area (Å²) in [5.41, 5.74) is 7.17. The standard InChI is InChI=1S/C34H34ClFN6O4S2/c1-7-24(43)41-14-13-40(16-19(41)5)31-21-15-22(35)25(20-9-8-10-23-28(20)39-34(37)47-23)26(36)30(21)42(33(44)32(31)48(6,45)46)29-18(4)11-12-38-27(29)17(2)3/h7-12,15,17,19H,1,13-14,16H2,2-6H3,(H2,37,39)/t19-/m1/s1. The Labute approximate surface area is 286 Å². The van der Waals surface area contributed by atoms with Crippen LogP contribution in [0.1, 0.15) is 37.9 Å². The first-order valence-corrected chi connectivity index (χ1v) is 18.3. The van der Waals surface area contributed by atoms with E-state index in [1.807, 2.05) is 26.8 Å². The lowest BCUT2D eigenvalue weighted by molar-refractivity contribution is -0.128. The predicted octanol–water partition coefficient (Wildman–Crippen LogP) is 6.10. The van der Waals surface area contributed by atoms with Gasteiger partial charge in [0, 0.05) is 54.6 Å². The van der Waals surface area contributed by atoms with E-state index in [4.69, 9.17) is 17.3 Å². The molecular formula is C34H34ClFN6O4S2. The maximum Gasteiger partial charge on any atom is 0.276 e. The summed E-state index contributed by atoms with van der Waals surface area (Å²) in [5, 5.41) is 0.410. The Morgan fingerprint density at radius 3 is 2.60 bits per heavy atom. The van der Waals surface area contributed by atoms with Gasteiger partial charge in [0.2, 0.25) is 5.91 Å². The van der Waals surface area contributed by atoms with Crippen LogP contribution in [0.5, 0.6) is 0 Å². The van der Waals surface area contributed by atoms with Crippen LogP contribution in [0.4, 0.5) is 15.2 Å². The number of pyridine rings is 2. The summed E-state index contributed by atoms with van der Waals surface area (Å²) < 4.78 is 46.9. The molecule has 2 aromatic carbocycles. The highest BCUT2D eigenvalue weighted by atomic mass is 35.5. The third-order valence-electron chi connectivity index (χ3n) is 8.69.